The van der Waals surface area contributed by atoms with Crippen LogP contribution in [0.4, 0.5) is 5.69 Å². The smallest absolute Gasteiger partial charge is 0.322 e. The minimum absolute atomic E-state index is 0.0689. The van der Waals surface area contributed by atoms with Crippen molar-refractivity contribution in [1.29, 1.82) is 0 Å². The van der Waals surface area contributed by atoms with E-state index in [0.717, 1.165) is 62.7 Å². The van der Waals surface area contributed by atoms with E-state index < -0.39 is 34.4 Å². The van der Waals surface area contributed by atoms with Crippen LogP contribution in [-0.4, -0.2) is 49.7 Å². The summed E-state index contributed by atoms with van der Waals surface area (Å²) in [6.45, 7) is 6.04. The Labute approximate surface area is 195 Å². The molecule has 9 heteroatoms. The number of nitrogens with one attached hydrogen (secondary N) is 1. The number of nitrogens with zero attached hydrogens (tertiary/aromatic N) is 1. The summed E-state index contributed by atoms with van der Waals surface area (Å²) < 4.78 is 28.2. The average molecular weight is 479 g/mol. The Kier molecular flexibility index (Phi) is 10.1. The Morgan fingerprint density at radius 1 is 0.909 bits per heavy atom. The van der Waals surface area contributed by atoms with E-state index in [1.165, 1.54) is 6.07 Å². The Morgan fingerprint density at radius 3 is 2.03 bits per heavy atom. The molecule has 0 bridgehead atoms. The third-order valence-electron chi connectivity index (χ3n) is 5.53. The van der Waals surface area contributed by atoms with Crippen molar-refractivity contribution in [2.75, 3.05) is 18.0 Å². The van der Waals surface area contributed by atoms with E-state index in [1.54, 1.807) is 18.2 Å². The second-order valence-electron chi connectivity index (χ2n) is 8.14. The molecule has 33 heavy (non-hydrogen) atoms. The molecule has 0 fully saturated rings. The second kappa shape index (κ2) is 12.6. The molecule has 0 aliphatic rings. The van der Waals surface area contributed by atoms with Gasteiger partial charge in [0.2, 0.25) is 10.0 Å². The molecule has 0 radical (unpaired) electrons. The third-order valence-corrected chi connectivity index (χ3v) is 7.06. The van der Waals surface area contributed by atoms with E-state index in [4.69, 9.17) is 5.11 Å². The molecule has 0 spiro atoms. The van der Waals surface area contributed by atoms with E-state index in [0.29, 0.717) is 5.39 Å². The van der Waals surface area contributed by atoms with Gasteiger partial charge in [0.15, 0.2) is 0 Å². The quantitative estimate of drug-likeness (QED) is 0.327. The molecule has 182 valence electrons. The van der Waals surface area contributed by atoms with Crippen LogP contribution in [0.3, 0.4) is 0 Å². The normalized spacial score (nSPS) is 12.5. The molecule has 0 aliphatic heterocycles. The van der Waals surface area contributed by atoms with Crippen molar-refractivity contribution in [3.05, 3.63) is 36.4 Å². The van der Waals surface area contributed by atoms with Crippen LogP contribution in [0.15, 0.2) is 41.3 Å². The van der Waals surface area contributed by atoms with Gasteiger partial charge in [0, 0.05) is 29.5 Å². The first kappa shape index (κ1) is 26.6. The number of carboxylic acids is 2. The maximum Gasteiger partial charge on any atom is 0.322 e. The van der Waals surface area contributed by atoms with E-state index in [9.17, 15) is 23.1 Å². The Morgan fingerprint density at radius 2 is 1.48 bits per heavy atom. The topological polar surface area (TPSA) is 124 Å². The molecule has 2 aromatic carbocycles. The Balaban J connectivity index is 2.47. The molecule has 8 nitrogen and oxygen atoms in total. The van der Waals surface area contributed by atoms with Crippen molar-refractivity contribution in [3.8, 4) is 0 Å². The summed E-state index contributed by atoms with van der Waals surface area (Å²) in [6.07, 6.45) is 5.65. The van der Waals surface area contributed by atoms with Gasteiger partial charge in [-0.1, -0.05) is 63.8 Å². The van der Waals surface area contributed by atoms with Crippen molar-refractivity contribution in [2.24, 2.45) is 0 Å². The summed E-state index contributed by atoms with van der Waals surface area (Å²) in [5, 5.41) is 19.4. The summed E-state index contributed by atoms with van der Waals surface area (Å²) in [7, 11) is -4.27. The summed E-state index contributed by atoms with van der Waals surface area (Å²) in [6, 6.07) is 8.62. The molecule has 0 aliphatic carbocycles. The van der Waals surface area contributed by atoms with Crippen LogP contribution in [0.2, 0.25) is 0 Å². The van der Waals surface area contributed by atoms with Gasteiger partial charge in [-0.05, 0) is 25.0 Å². The van der Waals surface area contributed by atoms with Crippen LogP contribution in [0.25, 0.3) is 10.8 Å². The lowest BCUT2D eigenvalue weighted by atomic mass is 10.1. The number of aliphatic carboxylic acids is 2. The van der Waals surface area contributed by atoms with Crippen LogP contribution >= 0.6 is 0 Å². The maximum atomic E-state index is 13.1. The zero-order valence-electron chi connectivity index (χ0n) is 19.3. The summed E-state index contributed by atoms with van der Waals surface area (Å²) in [4.78, 5) is 24.6. The molecule has 2 rings (SSSR count). The molecular formula is C24H34N2O6S. The first-order valence-electron chi connectivity index (χ1n) is 11.4. The first-order valence-corrected chi connectivity index (χ1v) is 12.9. The van der Waals surface area contributed by atoms with Gasteiger partial charge >= 0.3 is 11.9 Å². The molecule has 0 aromatic heterocycles. The van der Waals surface area contributed by atoms with E-state index in [1.807, 2.05) is 16.9 Å². The Bertz CT molecular complexity index is 1040. The van der Waals surface area contributed by atoms with Gasteiger partial charge < -0.3 is 15.1 Å². The first-order chi connectivity index (χ1) is 15.7. The average Bonchev–Trinajstić information content (AvgIpc) is 2.76. The molecule has 0 saturated heterocycles. The van der Waals surface area contributed by atoms with Crippen LogP contribution in [-0.2, 0) is 19.6 Å². The number of hydrogen-bond donors (Lipinski definition) is 3. The maximum absolute atomic E-state index is 13.1. The summed E-state index contributed by atoms with van der Waals surface area (Å²) in [5.74, 6) is -2.94. The monoisotopic (exact) mass is 478 g/mol. The number of carboxylic acid groups (broad SMARTS) is 2. The van der Waals surface area contributed by atoms with Crippen LogP contribution in [0, 0.1) is 0 Å². The fraction of sp³-hybridized carbons (Fsp3) is 0.500. The molecular weight excluding hydrogens is 444 g/mol. The lowest BCUT2D eigenvalue weighted by Gasteiger charge is -2.27. The third kappa shape index (κ3) is 7.43. The van der Waals surface area contributed by atoms with Gasteiger partial charge in [-0.2, -0.15) is 4.72 Å². The lowest BCUT2D eigenvalue weighted by Crippen LogP contribution is -2.42. The van der Waals surface area contributed by atoms with E-state index in [2.05, 4.69) is 18.7 Å². The summed E-state index contributed by atoms with van der Waals surface area (Å²) >= 11 is 0. The SMILES string of the molecule is CCCCCN(CCCCC)c1cccc2c(S(=O)(=O)NC(CC(=O)O)C(=O)O)cccc12. The zero-order valence-corrected chi connectivity index (χ0v) is 20.1. The van der Waals surface area contributed by atoms with Gasteiger partial charge in [-0.25, -0.2) is 8.42 Å². The van der Waals surface area contributed by atoms with Crippen LogP contribution in [0.5, 0.6) is 0 Å². The minimum atomic E-state index is -4.27. The van der Waals surface area contributed by atoms with Crippen LogP contribution < -0.4 is 9.62 Å². The predicted molar refractivity (Wildman–Crippen MR) is 129 cm³/mol. The van der Waals surface area contributed by atoms with Crippen molar-refractivity contribution in [2.45, 2.75) is 69.7 Å². The van der Waals surface area contributed by atoms with Gasteiger partial charge in [0.1, 0.15) is 6.04 Å². The molecule has 1 unspecified atom stereocenters. The molecule has 0 saturated carbocycles. The zero-order chi connectivity index (χ0) is 24.4. The molecule has 1 atom stereocenters. The fourth-order valence-corrected chi connectivity index (χ4v) is 5.25. The number of carbonyl (C=O) groups is 2. The second-order valence-corrected chi connectivity index (χ2v) is 9.82. The van der Waals surface area contributed by atoms with Gasteiger partial charge in [0.25, 0.3) is 0 Å². The highest BCUT2D eigenvalue weighted by Gasteiger charge is 2.29. The van der Waals surface area contributed by atoms with Gasteiger partial charge in [-0.3, -0.25) is 9.59 Å². The standard InChI is InChI=1S/C24H34N2O6S/c1-3-5-7-15-26(16-8-6-4-2)21-13-9-12-19-18(21)11-10-14-22(19)33(31,32)25-20(24(29)30)17-23(27)28/h9-14,20,25H,3-8,15-17H2,1-2H3,(H,27,28)(H,29,30). The Hall–Kier alpha value is -2.65. The number of rotatable bonds is 15. The largest absolute Gasteiger partial charge is 0.481 e. The summed E-state index contributed by atoms with van der Waals surface area (Å²) in [5.41, 5.74) is 0.942. The minimum Gasteiger partial charge on any atom is -0.481 e. The number of fused-ring (bicyclic) bond motifs is 1. The fourth-order valence-electron chi connectivity index (χ4n) is 3.84. The number of benzene rings is 2. The van der Waals surface area contributed by atoms with Crippen molar-refractivity contribution < 1.29 is 28.2 Å². The number of sulfonamides is 1. The molecule has 0 amide bonds. The number of anilines is 1. The highest BCUT2D eigenvalue weighted by atomic mass is 32.2. The highest BCUT2D eigenvalue weighted by molar-refractivity contribution is 7.89. The molecule has 2 aromatic rings. The van der Waals surface area contributed by atoms with E-state index >= 15 is 0 Å². The predicted octanol–water partition coefficient (Wildman–Crippen LogP) is 4.23. The molecule has 3 N–H and O–H groups in total. The number of hydrogen-bond acceptors (Lipinski definition) is 5. The van der Waals surface area contributed by atoms with Gasteiger partial charge in [-0.15, -0.1) is 0 Å². The van der Waals surface area contributed by atoms with Crippen LogP contribution in [0.1, 0.15) is 58.8 Å². The number of unbranched alkanes of at least 4 members (excludes halogenated alkanes) is 4. The molecule has 0 heterocycles. The van der Waals surface area contributed by atoms with Gasteiger partial charge in [0.05, 0.1) is 11.3 Å². The van der Waals surface area contributed by atoms with Crippen molar-refractivity contribution >= 4 is 38.4 Å². The van der Waals surface area contributed by atoms with Crippen molar-refractivity contribution in [1.82, 2.24) is 4.72 Å². The van der Waals surface area contributed by atoms with E-state index in [-0.39, 0.29) is 4.90 Å². The van der Waals surface area contributed by atoms with Crippen molar-refractivity contribution in [3.63, 3.8) is 0 Å². The highest BCUT2D eigenvalue weighted by Crippen LogP contribution is 2.32. The lowest BCUT2D eigenvalue weighted by molar-refractivity contribution is -0.145.